The molecule has 114 valence electrons. The van der Waals surface area contributed by atoms with Gasteiger partial charge >= 0.3 is 0 Å². The summed E-state index contributed by atoms with van der Waals surface area (Å²) < 4.78 is 5.56. The maximum atomic E-state index is 10.4. The van der Waals surface area contributed by atoms with Crippen LogP contribution in [0.1, 0.15) is 52.2 Å². The van der Waals surface area contributed by atoms with Crippen LogP contribution in [0.4, 0.5) is 0 Å². The molecule has 0 aliphatic heterocycles. The Labute approximate surface area is 123 Å². The van der Waals surface area contributed by atoms with Crippen LogP contribution in [0.2, 0.25) is 0 Å². The average Bonchev–Trinajstić information content (AvgIpc) is 2.50. The molecule has 20 heavy (non-hydrogen) atoms. The Morgan fingerprint density at radius 2 is 1.80 bits per heavy atom. The van der Waals surface area contributed by atoms with Crippen LogP contribution in [-0.2, 0) is 0 Å². The molecule has 2 unspecified atom stereocenters. The standard InChI is InChI=1S/C17H29NO2/c1-5-12-20-16-10-8-15(9-11-16)17(19)13-18(7-3)14(4)6-2/h8-11,14,17,19H,5-7,12-13H2,1-4H3. The van der Waals surface area contributed by atoms with Gasteiger partial charge in [0.15, 0.2) is 0 Å². The molecule has 0 fully saturated rings. The van der Waals surface area contributed by atoms with E-state index in [2.05, 4.69) is 32.6 Å². The summed E-state index contributed by atoms with van der Waals surface area (Å²) in [6.07, 6.45) is 1.67. The second-order valence-electron chi connectivity index (χ2n) is 5.28. The Morgan fingerprint density at radius 1 is 1.15 bits per heavy atom. The number of aliphatic hydroxyl groups is 1. The maximum Gasteiger partial charge on any atom is 0.119 e. The number of hydrogen-bond donors (Lipinski definition) is 1. The Balaban J connectivity index is 2.60. The Kier molecular flexibility index (Phi) is 7.63. The Morgan fingerprint density at radius 3 is 2.30 bits per heavy atom. The van der Waals surface area contributed by atoms with Crippen LogP contribution in [-0.4, -0.2) is 35.7 Å². The molecule has 3 nitrogen and oxygen atoms in total. The summed E-state index contributed by atoms with van der Waals surface area (Å²) in [6, 6.07) is 8.30. The number of likely N-dealkylation sites (N-methyl/N-ethyl adjacent to an activating group) is 1. The molecule has 0 amide bonds. The first-order valence-corrected chi connectivity index (χ1v) is 7.77. The smallest absolute Gasteiger partial charge is 0.119 e. The number of hydrogen-bond acceptors (Lipinski definition) is 3. The quantitative estimate of drug-likeness (QED) is 0.749. The third-order valence-electron chi connectivity index (χ3n) is 3.77. The van der Waals surface area contributed by atoms with Gasteiger partial charge in [-0.3, -0.25) is 4.90 Å². The lowest BCUT2D eigenvalue weighted by atomic mass is 10.1. The van der Waals surface area contributed by atoms with Gasteiger partial charge in [0.1, 0.15) is 5.75 Å². The highest BCUT2D eigenvalue weighted by Gasteiger charge is 2.16. The highest BCUT2D eigenvalue weighted by molar-refractivity contribution is 5.28. The molecular formula is C17H29NO2. The summed E-state index contributed by atoms with van der Waals surface area (Å²) >= 11 is 0. The minimum Gasteiger partial charge on any atom is -0.494 e. The van der Waals surface area contributed by atoms with Crippen molar-refractivity contribution in [1.82, 2.24) is 4.90 Å². The summed E-state index contributed by atoms with van der Waals surface area (Å²) in [7, 11) is 0. The van der Waals surface area contributed by atoms with E-state index in [0.717, 1.165) is 37.3 Å². The van der Waals surface area contributed by atoms with Crippen LogP contribution in [0.5, 0.6) is 5.75 Å². The second-order valence-corrected chi connectivity index (χ2v) is 5.28. The van der Waals surface area contributed by atoms with Crippen LogP contribution < -0.4 is 4.74 Å². The normalized spacial score (nSPS) is 14.3. The molecule has 0 aliphatic carbocycles. The zero-order chi connectivity index (χ0) is 15.0. The summed E-state index contributed by atoms with van der Waals surface area (Å²) in [5.41, 5.74) is 0.954. The van der Waals surface area contributed by atoms with Crippen molar-refractivity contribution in [3.05, 3.63) is 29.8 Å². The topological polar surface area (TPSA) is 32.7 Å². The molecule has 0 spiro atoms. The molecule has 1 N–H and O–H groups in total. The highest BCUT2D eigenvalue weighted by Crippen LogP contribution is 2.20. The molecule has 0 heterocycles. The van der Waals surface area contributed by atoms with E-state index >= 15 is 0 Å². The van der Waals surface area contributed by atoms with E-state index in [0.29, 0.717) is 12.6 Å². The molecular weight excluding hydrogens is 250 g/mol. The van der Waals surface area contributed by atoms with Gasteiger partial charge in [0.25, 0.3) is 0 Å². The van der Waals surface area contributed by atoms with Gasteiger partial charge in [0.2, 0.25) is 0 Å². The number of benzene rings is 1. The van der Waals surface area contributed by atoms with Gasteiger partial charge in [-0.05, 0) is 44.0 Å². The van der Waals surface area contributed by atoms with E-state index in [1.807, 2.05) is 24.3 Å². The SMILES string of the molecule is CCCOc1ccc(C(O)CN(CC)C(C)CC)cc1. The molecule has 1 rings (SSSR count). The van der Waals surface area contributed by atoms with E-state index in [1.54, 1.807) is 0 Å². The molecule has 0 aliphatic rings. The number of ether oxygens (including phenoxy) is 1. The van der Waals surface area contributed by atoms with Crippen LogP contribution in [0.3, 0.4) is 0 Å². The predicted octanol–water partition coefficient (Wildman–Crippen LogP) is 3.63. The first kappa shape index (κ1) is 17.0. The zero-order valence-corrected chi connectivity index (χ0v) is 13.3. The highest BCUT2D eigenvalue weighted by atomic mass is 16.5. The molecule has 0 bridgehead atoms. The van der Waals surface area contributed by atoms with Crippen molar-refractivity contribution < 1.29 is 9.84 Å². The average molecular weight is 279 g/mol. The third kappa shape index (κ3) is 5.14. The van der Waals surface area contributed by atoms with Crippen LogP contribution in [0, 0.1) is 0 Å². The maximum absolute atomic E-state index is 10.4. The first-order chi connectivity index (χ1) is 9.62. The Hall–Kier alpha value is -1.06. The monoisotopic (exact) mass is 279 g/mol. The van der Waals surface area contributed by atoms with E-state index in [4.69, 9.17) is 4.74 Å². The van der Waals surface area contributed by atoms with Crippen molar-refractivity contribution in [3.63, 3.8) is 0 Å². The molecule has 0 aromatic heterocycles. The molecule has 0 saturated carbocycles. The van der Waals surface area contributed by atoms with Gasteiger partial charge in [-0.1, -0.05) is 32.9 Å². The Bertz CT molecular complexity index is 364. The fourth-order valence-corrected chi connectivity index (χ4v) is 2.21. The molecule has 2 atom stereocenters. The van der Waals surface area contributed by atoms with Crippen molar-refractivity contribution in [2.24, 2.45) is 0 Å². The zero-order valence-electron chi connectivity index (χ0n) is 13.3. The second kappa shape index (κ2) is 8.98. The van der Waals surface area contributed by atoms with Crippen LogP contribution >= 0.6 is 0 Å². The summed E-state index contributed by atoms with van der Waals surface area (Å²) in [5.74, 6) is 0.872. The predicted molar refractivity (Wildman–Crippen MR) is 84.2 cm³/mol. The molecule has 1 aromatic rings. The van der Waals surface area contributed by atoms with Gasteiger partial charge in [0.05, 0.1) is 12.7 Å². The molecule has 1 aromatic carbocycles. The van der Waals surface area contributed by atoms with Gasteiger partial charge in [-0.2, -0.15) is 0 Å². The van der Waals surface area contributed by atoms with Crippen LogP contribution in [0.15, 0.2) is 24.3 Å². The first-order valence-electron chi connectivity index (χ1n) is 7.77. The molecule has 0 saturated heterocycles. The van der Waals surface area contributed by atoms with E-state index < -0.39 is 6.10 Å². The summed E-state index contributed by atoms with van der Waals surface area (Å²) in [6.45, 7) is 11.0. The number of aliphatic hydroxyl groups excluding tert-OH is 1. The largest absolute Gasteiger partial charge is 0.494 e. The summed E-state index contributed by atoms with van der Waals surface area (Å²) in [4.78, 5) is 2.31. The minimum atomic E-state index is -0.441. The molecule has 0 radical (unpaired) electrons. The summed E-state index contributed by atoms with van der Waals surface area (Å²) in [5, 5.41) is 10.4. The lowest BCUT2D eigenvalue weighted by Gasteiger charge is -2.29. The van der Waals surface area contributed by atoms with Crippen molar-refractivity contribution >= 4 is 0 Å². The third-order valence-corrected chi connectivity index (χ3v) is 3.77. The molecule has 3 heteroatoms. The van der Waals surface area contributed by atoms with E-state index in [-0.39, 0.29) is 0 Å². The van der Waals surface area contributed by atoms with Gasteiger partial charge in [-0.15, -0.1) is 0 Å². The fourth-order valence-electron chi connectivity index (χ4n) is 2.21. The lowest BCUT2D eigenvalue weighted by Crippen LogP contribution is -2.35. The van der Waals surface area contributed by atoms with Gasteiger partial charge in [0, 0.05) is 12.6 Å². The number of nitrogens with zero attached hydrogens (tertiary/aromatic N) is 1. The van der Waals surface area contributed by atoms with E-state index in [1.165, 1.54) is 0 Å². The van der Waals surface area contributed by atoms with Crippen molar-refractivity contribution in [3.8, 4) is 5.75 Å². The number of rotatable bonds is 9. The van der Waals surface area contributed by atoms with Crippen molar-refractivity contribution in [2.45, 2.75) is 52.7 Å². The van der Waals surface area contributed by atoms with Gasteiger partial charge < -0.3 is 9.84 Å². The minimum absolute atomic E-state index is 0.441. The van der Waals surface area contributed by atoms with Crippen LogP contribution in [0.25, 0.3) is 0 Å². The van der Waals surface area contributed by atoms with Crippen molar-refractivity contribution in [2.75, 3.05) is 19.7 Å². The van der Waals surface area contributed by atoms with Crippen molar-refractivity contribution in [1.29, 1.82) is 0 Å². The van der Waals surface area contributed by atoms with E-state index in [9.17, 15) is 5.11 Å². The fraction of sp³-hybridized carbons (Fsp3) is 0.647. The lowest BCUT2D eigenvalue weighted by molar-refractivity contribution is 0.0934. The van der Waals surface area contributed by atoms with Gasteiger partial charge in [-0.25, -0.2) is 0 Å².